The van der Waals surface area contributed by atoms with Crippen molar-refractivity contribution in [2.75, 3.05) is 4.90 Å². The van der Waals surface area contributed by atoms with E-state index in [1.807, 2.05) is 91.0 Å². The zero-order valence-electron chi connectivity index (χ0n) is 29.6. The number of nitrogens with zero attached hydrogens (tertiary/aromatic N) is 3. The van der Waals surface area contributed by atoms with E-state index in [0.29, 0.717) is 22.5 Å². The van der Waals surface area contributed by atoms with Gasteiger partial charge in [-0.1, -0.05) is 133 Å². The second-order valence-corrected chi connectivity index (χ2v) is 14.0. The number of imide groups is 1. The Labute approximate surface area is 316 Å². The molecule has 0 aliphatic carbocycles. The number of fused-ring (bicyclic) bond motifs is 7. The maximum absolute atomic E-state index is 15.0. The van der Waals surface area contributed by atoms with E-state index in [1.54, 1.807) is 6.07 Å². The third-order valence-electron chi connectivity index (χ3n) is 11.1. The lowest BCUT2D eigenvalue weighted by Gasteiger charge is -2.20. The van der Waals surface area contributed by atoms with Crippen LogP contribution >= 0.6 is 0 Å². The average molecular weight is 706 g/mol. The van der Waals surface area contributed by atoms with Gasteiger partial charge < -0.3 is 9.13 Å². The molecule has 55 heavy (non-hydrogen) atoms. The van der Waals surface area contributed by atoms with Crippen LogP contribution in [0.5, 0.6) is 0 Å². The van der Waals surface area contributed by atoms with Crippen molar-refractivity contribution < 1.29 is 9.59 Å². The molecule has 2 amide bonds. The summed E-state index contributed by atoms with van der Waals surface area (Å²) in [5.41, 5.74) is 10.9. The highest BCUT2D eigenvalue weighted by molar-refractivity contribution is 6.36. The Morgan fingerprint density at radius 1 is 0.327 bits per heavy atom. The van der Waals surface area contributed by atoms with Crippen LogP contribution in [0.2, 0.25) is 0 Å². The molecule has 0 unspecified atom stereocenters. The van der Waals surface area contributed by atoms with Gasteiger partial charge in [-0.2, -0.15) is 0 Å². The minimum Gasteiger partial charge on any atom is -0.309 e. The number of carbonyl (C=O) groups excluding carboxylic acids is 2. The lowest BCUT2D eigenvalue weighted by molar-refractivity contribution is 0.0926. The average Bonchev–Trinajstić information content (AvgIpc) is 3.85. The monoisotopic (exact) mass is 705 g/mol. The predicted octanol–water partition coefficient (Wildman–Crippen LogP) is 12.0. The van der Waals surface area contributed by atoms with Gasteiger partial charge in [0.05, 0.1) is 44.6 Å². The Kier molecular flexibility index (Phi) is 6.79. The molecule has 258 valence electrons. The van der Waals surface area contributed by atoms with Crippen LogP contribution in [0.25, 0.3) is 77.2 Å². The summed E-state index contributed by atoms with van der Waals surface area (Å²) in [6.07, 6.45) is 0. The molecule has 10 aromatic rings. The minimum atomic E-state index is -0.342. The third-order valence-corrected chi connectivity index (χ3v) is 11.1. The van der Waals surface area contributed by atoms with E-state index in [9.17, 15) is 9.59 Å². The number of hydrogen-bond acceptors (Lipinski definition) is 2. The van der Waals surface area contributed by atoms with Crippen molar-refractivity contribution in [2.45, 2.75) is 0 Å². The first-order chi connectivity index (χ1) is 27.2. The number of amides is 2. The topological polar surface area (TPSA) is 47.2 Å². The molecule has 1 aliphatic heterocycles. The molecule has 5 heteroatoms. The summed E-state index contributed by atoms with van der Waals surface area (Å²) < 4.78 is 4.47. The van der Waals surface area contributed by atoms with E-state index in [-0.39, 0.29) is 11.8 Å². The molecule has 0 N–H and O–H groups in total. The van der Waals surface area contributed by atoms with Crippen molar-refractivity contribution in [1.29, 1.82) is 0 Å². The maximum atomic E-state index is 15.0. The number of carbonyl (C=O) groups is 2. The highest BCUT2D eigenvalue weighted by Crippen LogP contribution is 2.42. The van der Waals surface area contributed by atoms with Gasteiger partial charge in [0, 0.05) is 32.8 Å². The summed E-state index contributed by atoms with van der Waals surface area (Å²) >= 11 is 0. The van der Waals surface area contributed by atoms with Crippen LogP contribution in [0.4, 0.5) is 5.69 Å². The van der Waals surface area contributed by atoms with E-state index in [4.69, 9.17) is 0 Å². The molecule has 3 heterocycles. The number of rotatable bonds is 5. The first kappa shape index (κ1) is 31.1. The molecule has 1 aliphatic rings. The summed E-state index contributed by atoms with van der Waals surface area (Å²) in [5.74, 6) is -0.676. The molecule has 8 aromatic carbocycles. The Morgan fingerprint density at radius 3 is 1.56 bits per heavy atom. The quantitative estimate of drug-likeness (QED) is 0.167. The predicted molar refractivity (Wildman–Crippen MR) is 224 cm³/mol. The van der Waals surface area contributed by atoms with Crippen LogP contribution in [0, 0.1) is 0 Å². The van der Waals surface area contributed by atoms with Gasteiger partial charge in [-0.15, -0.1) is 0 Å². The first-order valence-electron chi connectivity index (χ1n) is 18.4. The highest BCUT2D eigenvalue weighted by atomic mass is 16.2. The smallest absolute Gasteiger partial charge is 0.268 e. The van der Waals surface area contributed by atoms with Crippen molar-refractivity contribution in [3.63, 3.8) is 0 Å². The standard InChI is InChI=1S/C50H31N3O2/c54-49-40-21-13-25-46(48(40)50(55)53(49)47-30-34(32-14-3-1-4-15-32)26-28-36(47)33-16-5-2-6-17-33)52-44-24-12-9-20-39(44)41-31-35(27-29-45(41)52)51-42-22-10-7-18-37(42)38-19-8-11-23-43(38)51/h1-31H. The SMILES string of the molecule is O=C1c2cccc(-n3c4ccccc4c4cc(-n5c6ccccc6c6ccccc65)ccc43)c2C(=O)N1c1cc(-c2ccccc2)ccc1-c1ccccc1. The molecule has 11 rings (SSSR count). The second-order valence-electron chi connectivity index (χ2n) is 14.0. The van der Waals surface area contributed by atoms with Crippen molar-refractivity contribution in [2.24, 2.45) is 0 Å². The van der Waals surface area contributed by atoms with Gasteiger partial charge in [0.2, 0.25) is 0 Å². The number of hydrogen-bond donors (Lipinski definition) is 0. The van der Waals surface area contributed by atoms with Crippen molar-refractivity contribution >= 4 is 61.1 Å². The number of benzene rings is 8. The summed E-state index contributed by atoms with van der Waals surface area (Å²) in [6.45, 7) is 0. The van der Waals surface area contributed by atoms with E-state index in [2.05, 4.69) is 100 Å². The van der Waals surface area contributed by atoms with Crippen LogP contribution in [0.15, 0.2) is 188 Å². The molecule has 0 spiro atoms. The Hall–Kier alpha value is -7.50. The third kappa shape index (κ3) is 4.60. The lowest BCUT2D eigenvalue weighted by atomic mass is 9.97. The molecular weight excluding hydrogens is 675 g/mol. The van der Waals surface area contributed by atoms with Crippen molar-refractivity contribution in [3.8, 4) is 33.6 Å². The van der Waals surface area contributed by atoms with Gasteiger partial charge >= 0.3 is 0 Å². The molecule has 0 saturated carbocycles. The van der Waals surface area contributed by atoms with Gasteiger partial charge in [-0.25, -0.2) is 4.90 Å². The Bertz CT molecular complexity index is 3140. The maximum Gasteiger partial charge on any atom is 0.268 e. The van der Waals surface area contributed by atoms with Crippen molar-refractivity contribution in [3.05, 3.63) is 199 Å². The van der Waals surface area contributed by atoms with Gasteiger partial charge in [-0.05, 0) is 71.3 Å². The lowest BCUT2D eigenvalue weighted by Crippen LogP contribution is -2.30. The molecular formula is C50H31N3O2. The second kappa shape index (κ2) is 12.0. The molecule has 2 aromatic heterocycles. The first-order valence-corrected chi connectivity index (χ1v) is 18.4. The number of para-hydroxylation sites is 3. The van der Waals surface area contributed by atoms with E-state index in [0.717, 1.165) is 60.8 Å². The summed E-state index contributed by atoms with van der Waals surface area (Å²) in [6, 6.07) is 63.5. The van der Waals surface area contributed by atoms with Crippen LogP contribution in [-0.2, 0) is 0 Å². The number of anilines is 1. The van der Waals surface area contributed by atoms with Crippen LogP contribution in [-0.4, -0.2) is 20.9 Å². The molecule has 0 radical (unpaired) electrons. The van der Waals surface area contributed by atoms with Gasteiger partial charge in [0.25, 0.3) is 11.8 Å². The van der Waals surface area contributed by atoms with Gasteiger partial charge in [0.1, 0.15) is 0 Å². The number of aromatic nitrogens is 2. The van der Waals surface area contributed by atoms with Gasteiger partial charge in [-0.3, -0.25) is 9.59 Å². The van der Waals surface area contributed by atoms with Gasteiger partial charge in [0.15, 0.2) is 0 Å². The highest BCUT2D eigenvalue weighted by Gasteiger charge is 2.40. The Morgan fingerprint density at radius 2 is 0.891 bits per heavy atom. The van der Waals surface area contributed by atoms with E-state index >= 15 is 0 Å². The van der Waals surface area contributed by atoms with E-state index < -0.39 is 0 Å². The fourth-order valence-electron chi connectivity index (χ4n) is 8.62. The fraction of sp³-hybridized carbons (Fsp3) is 0. The molecule has 5 nitrogen and oxygen atoms in total. The molecule has 0 atom stereocenters. The minimum absolute atomic E-state index is 0.335. The largest absolute Gasteiger partial charge is 0.309 e. The van der Waals surface area contributed by atoms with Crippen LogP contribution in [0.3, 0.4) is 0 Å². The van der Waals surface area contributed by atoms with Crippen LogP contribution in [0.1, 0.15) is 20.7 Å². The van der Waals surface area contributed by atoms with Crippen molar-refractivity contribution in [1.82, 2.24) is 9.13 Å². The summed E-state index contributed by atoms with van der Waals surface area (Å²) in [4.78, 5) is 30.9. The summed E-state index contributed by atoms with van der Waals surface area (Å²) in [7, 11) is 0. The Balaban J connectivity index is 1.11. The normalized spacial score (nSPS) is 12.8. The van der Waals surface area contributed by atoms with Crippen LogP contribution < -0.4 is 4.90 Å². The zero-order valence-corrected chi connectivity index (χ0v) is 29.6. The summed E-state index contributed by atoms with van der Waals surface area (Å²) in [5, 5.41) is 4.53. The molecule has 0 fully saturated rings. The van der Waals surface area contributed by atoms with E-state index in [1.165, 1.54) is 15.7 Å². The molecule has 0 saturated heterocycles. The zero-order chi connectivity index (χ0) is 36.6. The fourth-order valence-corrected chi connectivity index (χ4v) is 8.62. The molecule has 0 bridgehead atoms.